The van der Waals surface area contributed by atoms with E-state index in [1.54, 1.807) is 0 Å². The van der Waals surface area contributed by atoms with Crippen LogP contribution in [0.3, 0.4) is 0 Å². The second-order valence-electron chi connectivity index (χ2n) is 7.02. The van der Waals surface area contributed by atoms with Crippen molar-refractivity contribution in [3.05, 3.63) is 59.9 Å². The summed E-state index contributed by atoms with van der Waals surface area (Å²) in [7, 11) is 0. The van der Waals surface area contributed by atoms with E-state index in [2.05, 4.69) is 15.5 Å². The van der Waals surface area contributed by atoms with Crippen LogP contribution in [0.1, 0.15) is 5.56 Å². The van der Waals surface area contributed by atoms with Gasteiger partial charge in [0.25, 0.3) is 0 Å². The lowest BCUT2D eigenvalue weighted by Crippen LogP contribution is -2.50. The molecule has 2 aromatic carbocycles. The van der Waals surface area contributed by atoms with E-state index in [1.807, 2.05) is 36.1 Å². The lowest BCUT2D eigenvalue weighted by molar-refractivity contribution is -0.120. The van der Waals surface area contributed by atoms with Crippen molar-refractivity contribution in [2.75, 3.05) is 49.9 Å². The molecule has 3 rings (SSSR count). The second kappa shape index (κ2) is 9.43. The Hall–Kier alpha value is -2.77. The topological polar surface area (TPSA) is 64.7 Å². The van der Waals surface area contributed by atoms with Crippen LogP contribution < -0.4 is 10.6 Å². The minimum atomic E-state index is -0.333. The predicted molar refractivity (Wildman–Crippen MR) is 108 cm³/mol. The highest BCUT2D eigenvalue weighted by Gasteiger charge is 2.20. The molecule has 0 saturated carbocycles. The summed E-state index contributed by atoms with van der Waals surface area (Å²) in [5.74, 6) is -0.496. The molecule has 0 radical (unpaired) electrons. The van der Waals surface area contributed by atoms with Gasteiger partial charge in [0.2, 0.25) is 11.8 Å². The van der Waals surface area contributed by atoms with Gasteiger partial charge in [0.15, 0.2) is 0 Å². The van der Waals surface area contributed by atoms with Crippen molar-refractivity contribution in [2.45, 2.75) is 6.92 Å². The molecule has 1 aliphatic heterocycles. The van der Waals surface area contributed by atoms with E-state index in [9.17, 15) is 14.0 Å². The molecule has 1 aliphatic rings. The number of amides is 2. The Morgan fingerprint density at radius 1 is 0.786 bits per heavy atom. The van der Waals surface area contributed by atoms with Crippen LogP contribution in [0.4, 0.5) is 15.8 Å². The normalized spacial score (nSPS) is 15.2. The Morgan fingerprint density at radius 2 is 1.18 bits per heavy atom. The van der Waals surface area contributed by atoms with Crippen LogP contribution in [-0.2, 0) is 9.59 Å². The van der Waals surface area contributed by atoms with Gasteiger partial charge in [-0.05, 0) is 43.3 Å². The van der Waals surface area contributed by atoms with Crippen LogP contribution in [-0.4, -0.2) is 60.9 Å². The molecule has 1 heterocycles. The standard InChI is InChI=1S/C21H25FN4O2/c1-16-2-6-18(7-3-16)23-20(27)14-25-10-12-26(13-11-25)15-21(28)24-19-8-4-17(22)5-9-19/h2-9H,10-15H2,1H3,(H,23,27)(H,24,28). The van der Waals surface area contributed by atoms with Crippen molar-refractivity contribution in [3.8, 4) is 0 Å². The molecule has 0 unspecified atom stereocenters. The molecule has 28 heavy (non-hydrogen) atoms. The number of nitrogens with zero attached hydrogens (tertiary/aromatic N) is 2. The van der Waals surface area contributed by atoms with Gasteiger partial charge >= 0.3 is 0 Å². The molecule has 1 saturated heterocycles. The average molecular weight is 384 g/mol. The Balaban J connectivity index is 1.37. The fraction of sp³-hybridized carbons (Fsp3) is 0.333. The van der Waals surface area contributed by atoms with Crippen LogP contribution in [0, 0.1) is 12.7 Å². The average Bonchev–Trinajstić information content (AvgIpc) is 2.67. The van der Waals surface area contributed by atoms with Gasteiger partial charge in [-0.2, -0.15) is 0 Å². The molecule has 0 aromatic heterocycles. The highest BCUT2D eigenvalue weighted by molar-refractivity contribution is 5.92. The quantitative estimate of drug-likeness (QED) is 0.802. The van der Waals surface area contributed by atoms with Crippen molar-refractivity contribution in [3.63, 3.8) is 0 Å². The lowest BCUT2D eigenvalue weighted by atomic mass is 10.2. The molecule has 0 aliphatic carbocycles. The van der Waals surface area contributed by atoms with Gasteiger partial charge in [-0.3, -0.25) is 19.4 Å². The molecular formula is C21H25FN4O2. The van der Waals surface area contributed by atoms with Crippen molar-refractivity contribution < 1.29 is 14.0 Å². The van der Waals surface area contributed by atoms with Gasteiger partial charge in [-0.15, -0.1) is 0 Å². The molecule has 2 N–H and O–H groups in total. The van der Waals surface area contributed by atoms with Crippen molar-refractivity contribution in [2.24, 2.45) is 0 Å². The number of halogens is 1. The second-order valence-corrected chi connectivity index (χ2v) is 7.02. The third-order valence-electron chi connectivity index (χ3n) is 4.66. The summed E-state index contributed by atoms with van der Waals surface area (Å²) in [6, 6.07) is 13.4. The van der Waals surface area contributed by atoms with Gasteiger partial charge in [0.05, 0.1) is 13.1 Å². The molecule has 148 valence electrons. The monoisotopic (exact) mass is 384 g/mol. The van der Waals surface area contributed by atoms with Crippen LogP contribution in [0.2, 0.25) is 0 Å². The summed E-state index contributed by atoms with van der Waals surface area (Å²) in [4.78, 5) is 28.5. The van der Waals surface area contributed by atoms with Crippen molar-refractivity contribution in [1.29, 1.82) is 0 Å². The van der Waals surface area contributed by atoms with Gasteiger partial charge in [0.1, 0.15) is 5.82 Å². The number of nitrogens with one attached hydrogen (secondary N) is 2. The highest BCUT2D eigenvalue weighted by Crippen LogP contribution is 2.10. The molecular weight excluding hydrogens is 359 g/mol. The molecule has 7 heteroatoms. The van der Waals surface area contributed by atoms with Crippen LogP contribution in [0.25, 0.3) is 0 Å². The van der Waals surface area contributed by atoms with E-state index in [-0.39, 0.29) is 24.2 Å². The lowest BCUT2D eigenvalue weighted by Gasteiger charge is -2.33. The van der Waals surface area contributed by atoms with Gasteiger partial charge in [-0.25, -0.2) is 4.39 Å². The molecule has 1 fully saturated rings. The number of hydrogen-bond donors (Lipinski definition) is 2. The maximum Gasteiger partial charge on any atom is 0.238 e. The van der Waals surface area contributed by atoms with Crippen molar-refractivity contribution in [1.82, 2.24) is 9.80 Å². The molecule has 0 spiro atoms. The zero-order valence-corrected chi connectivity index (χ0v) is 16.0. The first-order valence-electron chi connectivity index (χ1n) is 9.34. The molecule has 2 amide bonds. The van der Waals surface area contributed by atoms with Crippen LogP contribution >= 0.6 is 0 Å². The number of carbonyl (C=O) groups is 2. The Bertz CT molecular complexity index is 731. The number of anilines is 2. The first kappa shape index (κ1) is 20.0. The first-order valence-corrected chi connectivity index (χ1v) is 9.34. The Morgan fingerprint density at radius 3 is 1.61 bits per heavy atom. The summed E-state index contributed by atoms with van der Waals surface area (Å²) in [6.45, 7) is 5.51. The summed E-state index contributed by atoms with van der Waals surface area (Å²) in [5, 5.41) is 5.67. The van der Waals surface area contributed by atoms with Gasteiger partial charge in [0, 0.05) is 37.6 Å². The fourth-order valence-electron chi connectivity index (χ4n) is 3.08. The van der Waals surface area contributed by atoms with E-state index in [0.717, 1.165) is 24.3 Å². The van der Waals surface area contributed by atoms with E-state index >= 15 is 0 Å². The third-order valence-corrected chi connectivity index (χ3v) is 4.66. The number of hydrogen-bond acceptors (Lipinski definition) is 4. The van der Waals surface area contributed by atoms with E-state index in [4.69, 9.17) is 0 Å². The SMILES string of the molecule is Cc1ccc(NC(=O)CN2CCN(CC(=O)Nc3ccc(F)cc3)CC2)cc1. The van der Waals surface area contributed by atoms with Crippen LogP contribution in [0.5, 0.6) is 0 Å². The summed E-state index contributed by atoms with van der Waals surface area (Å²) < 4.78 is 12.9. The number of aryl methyl sites for hydroxylation is 1. The number of piperazine rings is 1. The molecule has 6 nitrogen and oxygen atoms in total. The molecule has 2 aromatic rings. The minimum absolute atomic E-state index is 0.0358. The largest absolute Gasteiger partial charge is 0.325 e. The van der Waals surface area contributed by atoms with Crippen molar-refractivity contribution >= 4 is 23.2 Å². The first-order chi connectivity index (χ1) is 13.5. The predicted octanol–water partition coefficient (Wildman–Crippen LogP) is 2.33. The zero-order valence-electron chi connectivity index (χ0n) is 16.0. The number of rotatable bonds is 6. The summed E-state index contributed by atoms with van der Waals surface area (Å²) in [5.41, 5.74) is 2.53. The smallest absolute Gasteiger partial charge is 0.238 e. The minimum Gasteiger partial charge on any atom is -0.325 e. The Kier molecular flexibility index (Phi) is 6.73. The number of benzene rings is 2. The number of carbonyl (C=O) groups excluding carboxylic acids is 2. The van der Waals surface area contributed by atoms with Crippen LogP contribution in [0.15, 0.2) is 48.5 Å². The Labute approximate surface area is 164 Å². The van der Waals surface area contributed by atoms with Gasteiger partial charge < -0.3 is 10.6 Å². The van der Waals surface area contributed by atoms with Gasteiger partial charge in [-0.1, -0.05) is 17.7 Å². The fourth-order valence-corrected chi connectivity index (χ4v) is 3.08. The molecule has 0 atom stereocenters. The highest BCUT2D eigenvalue weighted by atomic mass is 19.1. The third kappa shape index (κ3) is 6.14. The van der Waals surface area contributed by atoms with E-state index in [1.165, 1.54) is 24.3 Å². The maximum atomic E-state index is 12.9. The summed E-state index contributed by atoms with van der Waals surface area (Å²) >= 11 is 0. The maximum absolute atomic E-state index is 12.9. The molecule has 0 bridgehead atoms. The van der Waals surface area contributed by atoms with E-state index < -0.39 is 0 Å². The zero-order chi connectivity index (χ0) is 19.9. The van der Waals surface area contributed by atoms with E-state index in [0.29, 0.717) is 25.3 Å². The summed E-state index contributed by atoms with van der Waals surface area (Å²) in [6.07, 6.45) is 0.